The molecule has 1 aliphatic carbocycles. The second-order valence-electron chi connectivity index (χ2n) is 6.50. The Bertz CT molecular complexity index is 542. The number of benzene rings is 1. The molecule has 0 unspecified atom stereocenters. The number of amides is 2. The zero-order chi connectivity index (χ0) is 16.8. The van der Waals surface area contributed by atoms with Crippen LogP contribution in [0, 0.1) is 5.92 Å². The van der Waals surface area contributed by atoms with Crippen LogP contribution >= 0.6 is 0 Å². The molecule has 23 heavy (non-hydrogen) atoms. The lowest BCUT2D eigenvalue weighted by Gasteiger charge is -2.29. The average Bonchev–Trinajstić information content (AvgIpc) is 2.48. The number of nitrogens with two attached hydrogens (primary N) is 1. The van der Waals surface area contributed by atoms with Crippen LogP contribution in [-0.4, -0.2) is 24.0 Å². The van der Waals surface area contributed by atoms with Crippen LogP contribution in [0.3, 0.4) is 0 Å². The van der Waals surface area contributed by atoms with Crippen LogP contribution in [0.15, 0.2) is 24.3 Å². The number of carbonyl (C=O) groups is 2. The topological polar surface area (TPSA) is 81.4 Å². The number of primary amides is 1. The highest BCUT2D eigenvalue weighted by molar-refractivity contribution is 5.93. The maximum Gasteiger partial charge on any atom is 0.253 e. The molecule has 3 atom stereocenters. The van der Waals surface area contributed by atoms with Gasteiger partial charge >= 0.3 is 0 Å². The number of hydrogen-bond donors (Lipinski definition) is 2. The maximum atomic E-state index is 12.2. The SMILES string of the molecule is C[C@@H]1CCC[C@H](O[C@H](C)C(=O)Nc2ccc(CC(N)=O)cc2)C1. The minimum atomic E-state index is -0.476. The standard InChI is InChI=1S/C18H26N2O3/c1-12-4-3-5-16(10-12)23-13(2)18(22)20-15-8-6-14(7-9-15)11-17(19)21/h6-9,12-13,16H,3-5,10-11H2,1-2H3,(H2,19,21)(H,20,22)/t12-,13-,16+/m1/s1. The van der Waals surface area contributed by atoms with Gasteiger partial charge < -0.3 is 15.8 Å². The smallest absolute Gasteiger partial charge is 0.253 e. The molecule has 3 N–H and O–H groups in total. The average molecular weight is 318 g/mol. The van der Waals surface area contributed by atoms with Gasteiger partial charge in [0.2, 0.25) is 5.91 Å². The van der Waals surface area contributed by atoms with Crippen molar-refractivity contribution >= 4 is 17.5 Å². The highest BCUT2D eigenvalue weighted by Crippen LogP contribution is 2.26. The van der Waals surface area contributed by atoms with E-state index in [4.69, 9.17) is 10.5 Å². The molecule has 0 aliphatic heterocycles. The predicted octanol–water partition coefficient (Wildman–Crippen LogP) is 2.64. The summed E-state index contributed by atoms with van der Waals surface area (Å²) < 4.78 is 5.90. The number of rotatable bonds is 6. The molecule has 0 spiro atoms. The van der Waals surface area contributed by atoms with E-state index in [1.165, 1.54) is 12.8 Å². The lowest BCUT2D eigenvalue weighted by atomic mass is 9.88. The van der Waals surface area contributed by atoms with Gasteiger partial charge in [-0.05, 0) is 43.4 Å². The molecule has 0 heterocycles. The number of ether oxygens (including phenoxy) is 1. The van der Waals surface area contributed by atoms with Gasteiger partial charge in [-0.1, -0.05) is 31.9 Å². The van der Waals surface area contributed by atoms with Crippen molar-refractivity contribution in [1.29, 1.82) is 0 Å². The molecule has 1 saturated carbocycles. The Kier molecular flexibility index (Phi) is 6.16. The van der Waals surface area contributed by atoms with E-state index in [-0.39, 0.29) is 24.3 Å². The Labute approximate surface area is 137 Å². The molecule has 5 heteroatoms. The fourth-order valence-electron chi connectivity index (χ4n) is 3.00. The minimum absolute atomic E-state index is 0.147. The number of hydrogen-bond acceptors (Lipinski definition) is 3. The first-order valence-electron chi connectivity index (χ1n) is 8.27. The summed E-state index contributed by atoms with van der Waals surface area (Å²) in [6.07, 6.45) is 4.38. The lowest BCUT2D eigenvalue weighted by Crippen LogP contribution is -2.33. The van der Waals surface area contributed by atoms with E-state index < -0.39 is 6.10 Å². The molecule has 0 saturated heterocycles. The Morgan fingerprint density at radius 2 is 2.00 bits per heavy atom. The molecule has 126 valence electrons. The van der Waals surface area contributed by atoms with Gasteiger partial charge in [-0.25, -0.2) is 0 Å². The highest BCUT2D eigenvalue weighted by atomic mass is 16.5. The van der Waals surface area contributed by atoms with Crippen LogP contribution in [0.2, 0.25) is 0 Å². The molecule has 0 bridgehead atoms. The first-order chi connectivity index (χ1) is 10.9. The molecule has 1 fully saturated rings. The Morgan fingerprint density at radius 1 is 1.30 bits per heavy atom. The third-order valence-corrected chi connectivity index (χ3v) is 4.25. The predicted molar refractivity (Wildman–Crippen MR) is 89.9 cm³/mol. The summed E-state index contributed by atoms with van der Waals surface area (Å²) in [6.45, 7) is 4.02. The fraction of sp³-hybridized carbons (Fsp3) is 0.556. The summed E-state index contributed by atoms with van der Waals surface area (Å²) in [5.41, 5.74) is 6.68. The maximum absolute atomic E-state index is 12.2. The summed E-state index contributed by atoms with van der Waals surface area (Å²) in [5, 5.41) is 2.84. The minimum Gasteiger partial charge on any atom is -0.369 e. The molecule has 1 aromatic carbocycles. The van der Waals surface area contributed by atoms with Crippen molar-refractivity contribution in [2.45, 2.75) is 58.2 Å². The number of anilines is 1. The second-order valence-corrected chi connectivity index (χ2v) is 6.50. The molecule has 1 aliphatic rings. The third kappa shape index (κ3) is 5.67. The van der Waals surface area contributed by atoms with E-state index in [0.29, 0.717) is 11.6 Å². The van der Waals surface area contributed by atoms with Crippen LogP contribution in [0.4, 0.5) is 5.69 Å². The number of nitrogens with one attached hydrogen (secondary N) is 1. The molecular weight excluding hydrogens is 292 g/mol. The van der Waals surface area contributed by atoms with Crippen LogP contribution < -0.4 is 11.1 Å². The third-order valence-electron chi connectivity index (χ3n) is 4.25. The summed E-state index contributed by atoms with van der Waals surface area (Å²) in [5.74, 6) is 0.151. The van der Waals surface area contributed by atoms with Crippen LogP contribution in [0.1, 0.15) is 45.1 Å². The van der Waals surface area contributed by atoms with E-state index >= 15 is 0 Å². The van der Waals surface area contributed by atoms with Gasteiger partial charge in [-0.3, -0.25) is 9.59 Å². The Morgan fingerprint density at radius 3 is 2.61 bits per heavy atom. The zero-order valence-electron chi connectivity index (χ0n) is 13.9. The molecular formula is C18H26N2O3. The van der Waals surface area contributed by atoms with Crippen molar-refractivity contribution in [3.8, 4) is 0 Å². The van der Waals surface area contributed by atoms with Crippen LogP contribution in [-0.2, 0) is 20.7 Å². The molecule has 5 nitrogen and oxygen atoms in total. The normalized spacial score (nSPS) is 22.3. The first-order valence-corrected chi connectivity index (χ1v) is 8.27. The van der Waals surface area contributed by atoms with Gasteiger partial charge in [0.15, 0.2) is 0 Å². The second kappa shape index (κ2) is 8.11. The zero-order valence-corrected chi connectivity index (χ0v) is 13.9. The summed E-state index contributed by atoms with van der Waals surface area (Å²) in [7, 11) is 0. The van der Waals surface area contributed by atoms with E-state index in [1.807, 2.05) is 0 Å². The van der Waals surface area contributed by atoms with Crippen LogP contribution in [0.5, 0.6) is 0 Å². The molecule has 0 radical (unpaired) electrons. The lowest BCUT2D eigenvalue weighted by molar-refractivity contribution is -0.131. The van der Waals surface area contributed by atoms with Crippen molar-refractivity contribution in [3.05, 3.63) is 29.8 Å². The quantitative estimate of drug-likeness (QED) is 0.846. The highest BCUT2D eigenvalue weighted by Gasteiger charge is 2.24. The fourth-order valence-corrected chi connectivity index (χ4v) is 3.00. The van der Waals surface area contributed by atoms with E-state index in [0.717, 1.165) is 18.4 Å². The molecule has 0 aromatic heterocycles. The van der Waals surface area contributed by atoms with Gasteiger partial charge in [0, 0.05) is 5.69 Å². The van der Waals surface area contributed by atoms with Crippen molar-refractivity contribution in [3.63, 3.8) is 0 Å². The summed E-state index contributed by atoms with van der Waals surface area (Å²) >= 11 is 0. The Balaban J connectivity index is 1.84. The van der Waals surface area contributed by atoms with Gasteiger partial charge in [0.05, 0.1) is 12.5 Å². The van der Waals surface area contributed by atoms with E-state index in [2.05, 4.69) is 12.2 Å². The molecule has 1 aromatic rings. The molecule has 2 rings (SSSR count). The summed E-state index contributed by atoms with van der Waals surface area (Å²) in [6, 6.07) is 7.11. The van der Waals surface area contributed by atoms with Gasteiger partial charge in [-0.2, -0.15) is 0 Å². The number of carbonyl (C=O) groups excluding carboxylic acids is 2. The van der Waals surface area contributed by atoms with Crippen molar-refractivity contribution in [1.82, 2.24) is 0 Å². The van der Waals surface area contributed by atoms with Crippen molar-refractivity contribution in [2.24, 2.45) is 11.7 Å². The molecule has 2 amide bonds. The van der Waals surface area contributed by atoms with Crippen LogP contribution in [0.25, 0.3) is 0 Å². The monoisotopic (exact) mass is 318 g/mol. The van der Waals surface area contributed by atoms with Crippen molar-refractivity contribution in [2.75, 3.05) is 5.32 Å². The Hall–Kier alpha value is -1.88. The van der Waals surface area contributed by atoms with Crippen molar-refractivity contribution < 1.29 is 14.3 Å². The summed E-state index contributed by atoms with van der Waals surface area (Å²) in [4.78, 5) is 23.1. The van der Waals surface area contributed by atoms with E-state index in [1.54, 1.807) is 31.2 Å². The van der Waals surface area contributed by atoms with Gasteiger partial charge in [0.1, 0.15) is 6.10 Å². The van der Waals surface area contributed by atoms with E-state index in [9.17, 15) is 9.59 Å². The first kappa shape index (κ1) is 17.5. The van der Waals surface area contributed by atoms with Gasteiger partial charge in [-0.15, -0.1) is 0 Å². The van der Waals surface area contributed by atoms with Gasteiger partial charge in [0.25, 0.3) is 5.91 Å². The largest absolute Gasteiger partial charge is 0.369 e.